The van der Waals surface area contributed by atoms with Gasteiger partial charge in [-0.15, -0.1) is 0 Å². The summed E-state index contributed by atoms with van der Waals surface area (Å²) < 4.78 is 16.2. The van der Waals surface area contributed by atoms with E-state index in [-0.39, 0.29) is 0 Å². The first-order chi connectivity index (χ1) is 6.79. The van der Waals surface area contributed by atoms with Crippen LogP contribution >= 0.6 is 0 Å². The second-order valence-electron chi connectivity index (χ2n) is 3.83. The molecule has 1 aliphatic rings. The molecule has 0 radical (unpaired) electrons. The number of hydrogen-bond donors (Lipinski definition) is 1. The molecule has 2 unspecified atom stereocenters. The van der Waals surface area contributed by atoms with Gasteiger partial charge in [0.1, 0.15) is 0 Å². The average molecular weight is 219 g/mol. The molecule has 0 aliphatic carbocycles. The van der Waals surface area contributed by atoms with Crippen molar-refractivity contribution in [3.05, 3.63) is 0 Å². The molecule has 0 saturated carbocycles. The lowest BCUT2D eigenvalue weighted by Crippen LogP contribution is -2.30. The zero-order valence-corrected chi connectivity index (χ0v) is 9.78. The van der Waals surface area contributed by atoms with E-state index in [4.69, 9.17) is 4.74 Å². The van der Waals surface area contributed by atoms with Crippen molar-refractivity contribution in [2.75, 3.05) is 31.8 Å². The minimum atomic E-state index is -0.640. The molecule has 2 atom stereocenters. The van der Waals surface area contributed by atoms with Gasteiger partial charge in [-0.2, -0.15) is 0 Å². The van der Waals surface area contributed by atoms with E-state index < -0.39 is 10.8 Å². The van der Waals surface area contributed by atoms with Gasteiger partial charge in [0.25, 0.3) is 0 Å². The summed E-state index contributed by atoms with van der Waals surface area (Å²) in [6, 6.07) is 0.614. The van der Waals surface area contributed by atoms with Crippen LogP contribution in [0.5, 0.6) is 0 Å². The molecule has 1 heterocycles. The van der Waals surface area contributed by atoms with Crippen LogP contribution < -0.4 is 5.32 Å². The third-order valence-electron chi connectivity index (χ3n) is 2.49. The van der Waals surface area contributed by atoms with E-state index in [1.807, 2.05) is 0 Å². The van der Waals surface area contributed by atoms with Crippen LogP contribution in [-0.4, -0.2) is 42.0 Å². The summed E-state index contributed by atoms with van der Waals surface area (Å²) in [7, 11) is -0.640. The summed E-state index contributed by atoms with van der Waals surface area (Å²) in [4.78, 5) is 0. The van der Waals surface area contributed by atoms with E-state index >= 15 is 0 Å². The Morgan fingerprint density at radius 3 is 3.07 bits per heavy atom. The van der Waals surface area contributed by atoms with Crippen LogP contribution in [0.25, 0.3) is 0 Å². The summed E-state index contributed by atoms with van der Waals surface area (Å²) in [5.74, 6) is 0.816. The molecule has 1 aliphatic heterocycles. The molecule has 4 heteroatoms. The van der Waals surface area contributed by atoms with Crippen LogP contribution in [0, 0.1) is 0 Å². The van der Waals surface area contributed by atoms with Gasteiger partial charge in [-0.05, 0) is 32.2 Å². The Bertz CT molecular complexity index is 168. The van der Waals surface area contributed by atoms with E-state index in [0.29, 0.717) is 6.04 Å². The lowest BCUT2D eigenvalue weighted by molar-refractivity contribution is 0.142. The maximum atomic E-state index is 10.8. The molecular weight excluding hydrogens is 198 g/mol. The molecule has 1 N–H and O–H groups in total. The highest BCUT2D eigenvalue weighted by Crippen LogP contribution is 2.07. The lowest BCUT2D eigenvalue weighted by atomic mass is 10.1. The van der Waals surface area contributed by atoms with Crippen LogP contribution in [0.1, 0.15) is 25.7 Å². The minimum Gasteiger partial charge on any atom is -0.381 e. The molecule has 0 aromatic carbocycles. The Morgan fingerprint density at radius 2 is 2.29 bits per heavy atom. The maximum absolute atomic E-state index is 10.8. The second kappa shape index (κ2) is 7.37. The Hall–Kier alpha value is 0.0700. The fourth-order valence-electron chi connectivity index (χ4n) is 1.69. The van der Waals surface area contributed by atoms with Crippen molar-refractivity contribution in [2.24, 2.45) is 0 Å². The SMILES string of the molecule is CS(=O)CCCNC1CCCOCC1. The van der Waals surface area contributed by atoms with E-state index in [9.17, 15) is 4.21 Å². The number of nitrogens with one attached hydrogen (secondary N) is 1. The first-order valence-corrected chi connectivity index (χ1v) is 7.13. The summed E-state index contributed by atoms with van der Waals surface area (Å²) in [6.07, 6.45) is 6.28. The summed E-state index contributed by atoms with van der Waals surface area (Å²) >= 11 is 0. The highest BCUT2D eigenvalue weighted by molar-refractivity contribution is 7.84. The molecule has 3 nitrogen and oxygen atoms in total. The van der Waals surface area contributed by atoms with Gasteiger partial charge in [0.2, 0.25) is 0 Å². The Labute approximate surface area is 89.1 Å². The van der Waals surface area contributed by atoms with Crippen LogP contribution in [0.15, 0.2) is 0 Å². The Morgan fingerprint density at radius 1 is 1.43 bits per heavy atom. The van der Waals surface area contributed by atoms with Crippen molar-refractivity contribution in [3.8, 4) is 0 Å². The van der Waals surface area contributed by atoms with Crippen molar-refractivity contribution < 1.29 is 8.95 Å². The maximum Gasteiger partial charge on any atom is 0.0480 e. The van der Waals surface area contributed by atoms with Crippen LogP contribution in [-0.2, 0) is 15.5 Å². The average Bonchev–Trinajstić information content (AvgIpc) is 2.40. The van der Waals surface area contributed by atoms with Gasteiger partial charge < -0.3 is 10.1 Å². The van der Waals surface area contributed by atoms with Gasteiger partial charge in [0, 0.05) is 42.1 Å². The molecule has 1 fully saturated rings. The lowest BCUT2D eigenvalue weighted by Gasteiger charge is -2.14. The monoisotopic (exact) mass is 219 g/mol. The van der Waals surface area contributed by atoms with E-state index in [1.165, 1.54) is 6.42 Å². The van der Waals surface area contributed by atoms with Crippen LogP contribution in [0.3, 0.4) is 0 Å². The van der Waals surface area contributed by atoms with E-state index in [0.717, 1.165) is 44.8 Å². The molecule has 0 aromatic heterocycles. The highest BCUT2D eigenvalue weighted by atomic mass is 32.2. The Kier molecular flexibility index (Phi) is 6.39. The molecule has 84 valence electrons. The largest absolute Gasteiger partial charge is 0.381 e. The predicted octanol–water partition coefficient (Wildman–Crippen LogP) is 0.914. The summed E-state index contributed by atoms with van der Waals surface area (Å²) in [5.41, 5.74) is 0. The van der Waals surface area contributed by atoms with Gasteiger partial charge in [0.15, 0.2) is 0 Å². The van der Waals surface area contributed by atoms with Gasteiger partial charge >= 0.3 is 0 Å². The van der Waals surface area contributed by atoms with Crippen molar-refractivity contribution in [3.63, 3.8) is 0 Å². The smallest absolute Gasteiger partial charge is 0.0480 e. The van der Waals surface area contributed by atoms with E-state index in [2.05, 4.69) is 5.32 Å². The van der Waals surface area contributed by atoms with Gasteiger partial charge in [-0.3, -0.25) is 4.21 Å². The van der Waals surface area contributed by atoms with Crippen molar-refractivity contribution in [1.29, 1.82) is 0 Å². The van der Waals surface area contributed by atoms with Gasteiger partial charge in [-0.25, -0.2) is 0 Å². The molecule has 0 spiro atoms. The number of ether oxygens (including phenoxy) is 1. The van der Waals surface area contributed by atoms with Crippen molar-refractivity contribution in [1.82, 2.24) is 5.32 Å². The normalized spacial score (nSPS) is 25.6. The number of rotatable bonds is 5. The summed E-state index contributed by atoms with van der Waals surface area (Å²) in [5, 5.41) is 3.50. The number of hydrogen-bond acceptors (Lipinski definition) is 3. The fourth-order valence-corrected chi connectivity index (χ4v) is 2.24. The van der Waals surface area contributed by atoms with Crippen LogP contribution in [0.4, 0.5) is 0 Å². The Balaban J connectivity index is 2.01. The summed E-state index contributed by atoms with van der Waals surface area (Å²) in [6.45, 7) is 2.79. The first-order valence-electron chi connectivity index (χ1n) is 5.40. The minimum absolute atomic E-state index is 0.614. The quantitative estimate of drug-likeness (QED) is 0.699. The molecule has 1 rings (SSSR count). The molecular formula is C10H21NO2S. The molecule has 14 heavy (non-hydrogen) atoms. The molecule has 0 aromatic rings. The fraction of sp³-hybridized carbons (Fsp3) is 1.00. The zero-order valence-electron chi connectivity index (χ0n) is 8.96. The first kappa shape index (κ1) is 12.1. The topological polar surface area (TPSA) is 38.3 Å². The molecule has 0 amide bonds. The third kappa shape index (κ3) is 5.73. The second-order valence-corrected chi connectivity index (χ2v) is 5.38. The standard InChI is InChI=1S/C10H21NO2S/c1-14(12)9-3-6-11-10-4-2-7-13-8-5-10/h10-11H,2-9H2,1H3. The van der Waals surface area contributed by atoms with Crippen molar-refractivity contribution >= 4 is 10.8 Å². The zero-order chi connectivity index (χ0) is 10.2. The van der Waals surface area contributed by atoms with Crippen LogP contribution in [0.2, 0.25) is 0 Å². The van der Waals surface area contributed by atoms with Gasteiger partial charge in [0.05, 0.1) is 0 Å². The predicted molar refractivity (Wildman–Crippen MR) is 60.0 cm³/mol. The molecule has 1 saturated heterocycles. The highest BCUT2D eigenvalue weighted by Gasteiger charge is 2.10. The third-order valence-corrected chi connectivity index (χ3v) is 3.36. The van der Waals surface area contributed by atoms with Crippen molar-refractivity contribution in [2.45, 2.75) is 31.7 Å². The van der Waals surface area contributed by atoms with E-state index in [1.54, 1.807) is 6.26 Å². The molecule has 0 bridgehead atoms. The van der Waals surface area contributed by atoms with Gasteiger partial charge in [-0.1, -0.05) is 0 Å².